The lowest BCUT2D eigenvalue weighted by Gasteiger charge is -2.24. The molecule has 35 heavy (non-hydrogen) atoms. The lowest BCUT2D eigenvalue weighted by atomic mass is 10.1. The highest BCUT2D eigenvalue weighted by atomic mass is 16.8. The number of ketones is 2. The molecule has 2 N–H and O–H groups in total. The van der Waals surface area contributed by atoms with Crippen molar-refractivity contribution in [2.24, 2.45) is 5.92 Å². The van der Waals surface area contributed by atoms with Gasteiger partial charge >= 0.3 is 0 Å². The molecule has 2 fully saturated rings. The van der Waals surface area contributed by atoms with Crippen LogP contribution in [0.15, 0.2) is 55.1 Å². The van der Waals surface area contributed by atoms with Gasteiger partial charge in [-0.3, -0.25) is 14.3 Å². The molecule has 1 aliphatic heterocycles. The van der Waals surface area contributed by atoms with Crippen molar-refractivity contribution in [1.29, 1.82) is 0 Å². The van der Waals surface area contributed by atoms with Gasteiger partial charge in [0.1, 0.15) is 30.5 Å². The van der Waals surface area contributed by atoms with Crippen LogP contribution < -0.4 is 5.32 Å². The topological polar surface area (TPSA) is 128 Å². The predicted octanol–water partition coefficient (Wildman–Crippen LogP) is 2.10. The van der Waals surface area contributed by atoms with Crippen molar-refractivity contribution in [3.63, 3.8) is 0 Å². The van der Waals surface area contributed by atoms with Gasteiger partial charge in [-0.05, 0) is 26.3 Å². The van der Waals surface area contributed by atoms with Crippen LogP contribution in [0.5, 0.6) is 0 Å². The number of ether oxygens (including phenoxy) is 2. The molecular formula is C25H27N5O5. The molecule has 1 saturated carbocycles. The van der Waals surface area contributed by atoms with Crippen molar-refractivity contribution in [1.82, 2.24) is 19.7 Å². The summed E-state index contributed by atoms with van der Waals surface area (Å²) >= 11 is 0. The van der Waals surface area contributed by atoms with E-state index in [1.807, 2.05) is 19.9 Å². The third kappa shape index (κ3) is 4.72. The third-order valence-corrected chi connectivity index (χ3v) is 6.37. The summed E-state index contributed by atoms with van der Waals surface area (Å²) in [4.78, 5) is 34.1. The second kappa shape index (κ2) is 9.29. The number of nitrogens with zero attached hydrogens (tertiary/aromatic N) is 4. The van der Waals surface area contributed by atoms with E-state index in [4.69, 9.17) is 9.47 Å². The monoisotopic (exact) mass is 477 g/mol. The van der Waals surface area contributed by atoms with E-state index >= 15 is 0 Å². The van der Waals surface area contributed by atoms with Gasteiger partial charge in [-0.25, -0.2) is 9.97 Å². The number of anilines is 1. The first-order valence-corrected chi connectivity index (χ1v) is 11.5. The predicted molar refractivity (Wildman–Crippen MR) is 125 cm³/mol. The summed E-state index contributed by atoms with van der Waals surface area (Å²) in [5, 5.41) is 17.4. The minimum absolute atomic E-state index is 0.0204. The maximum absolute atomic E-state index is 13.3. The van der Waals surface area contributed by atoms with Crippen LogP contribution in [0.25, 0.3) is 0 Å². The van der Waals surface area contributed by atoms with E-state index in [2.05, 4.69) is 20.4 Å². The highest BCUT2D eigenvalue weighted by Gasteiger charge is 2.54. The van der Waals surface area contributed by atoms with Gasteiger partial charge in [0.15, 0.2) is 11.6 Å². The van der Waals surface area contributed by atoms with Gasteiger partial charge in [-0.1, -0.05) is 30.3 Å². The van der Waals surface area contributed by atoms with Crippen LogP contribution in [-0.4, -0.2) is 67.1 Å². The number of aliphatic hydroxyl groups excluding tert-OH is 1. The number of aromatic nitrogens is 4. The summed E-state index contributed by atoms with van der Waals surface area (Å²) in [5.74, 6) is -0.948. The van der Waals surface area contributed by atoms with Gasteiger partial charge in [0.25, 0.3) is 0 Å². The molecule has 0 amide bonds. The number of aliphatic hydroxyl groups is 1. The Morgan fingerprint density at radius 2 is 1.94 bits per heavy atom. The summed E-state index contributed by atoms with van der Waals surface area (Å²) in [6, 6.07) is 10.3. The molecule has 2 aromatic heterocycles. The molecule has 0 bridgehead atoms. The Kier molecular flexibility index (Phi) is 6.18. The van der Waals surface area contributed by atoms with Crippen LogP contribution in [0.4, 0.5) is 5.82 Å². The molecule has 3 aromatic rings. The fraction of sp³-hybridized carbons (Fsp3) is 0.400. The van der Waals surface area contributed by atoms with E-state index in [1.54, 1.807) is 36.5 Å². The molecule has 182 valence electrons. The molecule has 2 aliphatic rings. The summed E-state index contributed by atoms with van der Waals surface area (Å²) in [7, 11) is 0. The zero-order valence-corrected chi connectivity index (χ0v) is 19.5. The maximum atomic E-state index is 13.3. The van der Waals surface area contributed by atoms with E-state index in [0.717, 1.165) is 0 Å². The van der Waals surface area contributed by atoms with Gasteiger partial charge in [-0.15, -0.1) is 0 Å². The molecule has 0 unspecified atom stereocenters. The Bertz CT molecular complexity index is 1230. The zero-order chi connectivity index (χ0) is 24.6. The van der Waals surface area contributed by atoms with Gasteiger partial charge < -0.3 is 19.9 Å². The third-order valence-electron chi connectivity index (χ3n) is 6.37. The smallest absolute Gasteiger partial charge is 0.218 e. The first-order valence-electron chi connectivity index (χ1n) is 11.5. The first-order chi connectivity index (χ1) is 16.8. The molecule has 10 nitrogen and oxygen atoms in total. The van der Waals surface area contributed by atoms with Gasteiger partial charge in [0.05, 0.1) is 17.7 Å². The molecule has 5 rings (SSSR count). The van der Waals surface area contributed by atoms with Crippen LogP contribution in [0, 0.1) is 5.92 Å². The van der Waals surface area contributed by atoms with Crippen molar-refractivity contribution in [2.75, 3.05) is 11.9 Å². The molecule has 0 spiro atoms. The van der Waals surface area contributed by atoms with Crippen molar-refractivity contribution in [3.05, 3.63) is 71.9 Å². The van der Waals surface area contributed by atoms with Crippen molar-refractivity contribution in [2.45, 2.75) is 50.8 Å². The molecule has 1 aliphatic carbocycles. The average Bonchev–Trinajstić information content (AvgIpc) is 3.53. The second-order valence-electron chi connectivity index (χ2n) is 9.30. The van der Waals surface area contributed by atoms with Crippen LogP contribution in [-0.2, 0) is 16.0 Å². The van der Waals surface area contributed by atoms with E-state index in [0.29, 0.717) is 17.8 Å². The fourth-order valence-electron chi connectivity index (χ4n) is 4.76. The maximum Gasteiger partial charge on any atom is 0.218 e. The Labute approximate surface area is 202 Å². The molecule has 10 heteroatoms. The lowest BCUT2D eigenvalue weighted by Crippen LogP contribution is -2.35. The van der Waals surface area contributed by atoms with Crippen LogP contribution in [0.1, 0.15) is 46.7 Å². The van der Waals surface area contributed by atoms with Gasteiger partial charge in [-0.2, -0.15) is 5.10 Å². The Morgan fingerprint density at radius 3 is 2.71 bits per heavy atom. The number of Topliss-reactive ketones (excluding diaryl/α,β-unsaturated/α-hetero) is 1. The molecule has 1 saturated heterocycles. The number of nitrogens with one attached hydrogen (secondary N) is 1. The first kappa shape index (κ1) is 23.3. The van der Waals surface area contributed by atoms with Crippen molar-refractivity contribution < 1.29 is 24.2 Å². The van der Waals surface area contributed by atoms with Gasteiger partial charge in [0, 0.05) is 30.5 Å². The quantitative estimate of drug-likeness (QED) is 0.469. The molecular weight excluding hydrogens is 450 g/mol. The molecule has 4 atom stereocenters. The number of fused-ring (bicyclic) bond motifs is 1. The molecule has 0 radical (unpaired) electrons. The summed E-state index contributed by atoms with van der Waals surface area (Å²) < 4.78 is 13.5. The van der Waals surface area contributed by atoms with Crippen LogP contribution in [0.3, 0.4) is 0 Å². The highest BCUT2D eigenvalue weighted by molar-refractivity contribution is 6.10. The Balaban J connectivity index is 1.32. The number of carbonyl (C=O) groups excluding carboxylic acids is 2. The van der Waals surface area contributed by atoms with Crippen LogP contribution in [0.2, 0.25) is 0 Å². The minimum atomic E-state index is -0.753. The van der Waals surface area contributed by atoms with E-state index in [9.17, 15) is 14.7 Å². The normalized spacial score (nSPS) is 24.8. The highest BCUT2D eigenvalue weighted by Crippen LogP contribution is 2.42. The second-order valence-corrected chi connectivity index (χ2v) is 9.30. The zero-order valence-electron chi connectivity index (χ0n) is 19.5. The summed E-state index contributed by atoms with van der Waals surface area (Å²) in [6.45, 7) is 3.69. The number of rotatable bonds is 8. The minimum Gasteiger partial charge on any atom is -0.396 e. The van der Waals surface area contributed by atoms with Gasteiger partial charge in [0.2, 0.25) is 5.78 Å². The van der Waals surface area contributed by atoms with E-state index in [-0.39, 0.29) is 60.1 Å². The largest absolute Gasteiger partial charge is 0.396 e. The number of hydrogen-bond donors (Lipinski definition) is 2. The SMILES string of the molecule is CC1(C)O[C@@H]2[C@@H](CO)C[C@@H](Nc3ncncc3C(=O)c3ccn(CC(=O)c4ccccc4)n3)[C@@H]2O1. The summed E-state index contributed by atoms with van der Waals surface area (Å²) in [5.41, 5.74) is 1.02. The van der Waals surface area contributed by atoms with E-state index < -0.39 is 5.79 Å². The molecule has 3 heterocycles. The average molecular weight is 478 g/mol. The Hall–Kier alpha value is -3.47. The van der Waals surface area contributed by atoms with E-state index in [1.165, 1.54) is 17.2 Å². The molecule has 1 aromatic carbocycles. The fourth-order valence-corrected chi connectivity index (χ4v) is 4.76. The number of benzene rings is 1. The number of hydrogen-bond acceptors (Lipinski definition) is 9. The Morgan fingerprint density at radius 1 is 1.17 bits per heavy atom. The number of carbonyl (C=O) groups is 2. The van der Waals surface area contributed by atoms with Crippen molar-refractivity contribution in [3.8, 4) is 0 Å². The summed E-state index contributed by atoms with van der Waals surface area (Å²) in [6.07, 6.45) is 4.48. The van der Waals surface area contributed by atoms with Crippen LogP contribution >= 0.6 is 0 Å². The lowest BCUT2D eigenvalue weighted by molar-refractivity contribution is -0.158. The van der Waals surface area contributed by atoms with Crippen molar-refractivity contribution >= 4 is 17.4 Å². The standard InChI is InChI=1S/C25H27N5O5/c1-25(2)34-22-16(13-31)10-19(23(22)35-25)28-24-17(11-26-14-27-24)21(33)18-8-9-30(29-18)12-20(32)15-6-4-3-5-7-15/h3-9,11,14,16,19,22-23,31H,10,12-13H2,1-2H3,(H,26,27,28)/t16-,19-,22-,23+/m1/s1.